The smallest absolute Gasteiger partial charge is 0.274 e. The standard InChI is InChI=1S/C20H26N4O3/c1-3-15-4-6-16(7-5-15)18-14-21-10-11-23(18)20(26)17-8-9-19(25)24(22-17)12-13-27-2/h4-9,18,21H,3,10-14H2,1-2H3. The maximum absolute atomic E-state index is 13.1. The number of nitrogens with zero attached hydrogens (tertiary/aromatic N) is 3. The fourth-order valence-corrected chi connectivity index (χ4v) is 3.27. The molecule has 1 atom stereocenters. The van der Waals surface area contributed by atoms with Crippen molar-refractivity contribution >= 4 is 5.91 Å². The maximum Gasteiger partial charge on any atom is 0.274 e. The number of amides is 1. The van der Waals surface area contributed by atoms with Crippen LogP contribution in [0.25, 0.3) is 0 Å². The molecule has 1 fully saturated rings. The summed E-state index contributed by atoms with van der Waals surface area (Å²) in [6.45, 7) is 4.83. The Morgan fingerprint density at radius 2 is 2.04 bits per heavy atom. The topological polar surface area (TPSA) is 76.5 Å². The van der Waals surface area contributed by atoms with E-state index in [4.69, 9.17) is 4.74 Å². The normalized spacial score (nSPS) is 17.1. The Hall–Kier alpha value is -2.51. The molecule has 0 aliphatic carbocycles. The van der Waals surface area contributed by atoms with Crippen molar-refractivity contribution < 1.29 is 9.53 Å². The van der Waals surface area contributed by atoms with Gasteiger partial charge in [-0.1, -0.05) is 31.2 Å². The minimum atomic E-state index is -0.240. The van der Waals surface area contributed by atoms with E-state index in [1.807, 2.05) is 4.90 Å². The molecule has 2 heterocycles. The molecule has 0 bridgehead atoms. The van der Waals surface area contributed by atoms with E-state index in [9.17, 15) is 9.59 Å². The van der Waals surface area contributed by atoms with E-state index in [1.165, 1.54) is 22.4 Å². The number of piperazine rings is 1. The first kappa shape index (κ1) is 19.3. The summed E-state index contributed by atoms with van der Waals surface area (Å²) in [4.78, 5) is 26.9. The highest BCUT2D eigenvalue weighted by Crippen LogP contribution is 2.24. The molecule has 1 saturated heterocycles. The zero-order chi connectivity index (χ0) is 19.2. The lowest BCUT2D eigenvalue weighted by Gasteiger charge is -2.36. The van der Waals surface area contributed by atoms with Crippen LogP contribution in [0.2, 0.25) is 0 Å². The average Bonchev–Trinajstić information content (AvgIpc) is 2.72. The summed E-state index contributed by atoms with van der Waals surface area (Å²) >= 11 is 0. The third-order valence-corrected chi connectivity index (χ3v) is 4.87. The highest BCUT2D eigenvalue weighted by Gasteiger charge is 2.29. The van der Waals surface area contributed by atoms with Gasteiger partial charge in [-0.2, -0.15) is 5.10 Å². The molecule has 3 rings (SSSR count). The van der Waals surface area contributed by atoms with Crippen molar-refractivity contribution in [2.24, 2.45) is 0 Å². The van der Waals surface area contributed by atoms with Gasteiger partial charge in [0.2, 0.25) is 0 Å². The predicted molar refractivity (Wildman–Crippen MR) is 103 cm³/mol. The summed E-state index contributed by atoms with van der Waals surface area (Å²) in [6.07, 6.45) is 0.985. The van der Waals surface area contributed by atoms with Crippen LogP contribution in [-0.4, -0.2) is 53.9 Å². The first-order valence-corrected chi connectivity index (χ1v) is 9.31. The second-order valence-corrected chi connectivity index (χ2v) is 6.59. The molecule has 1 amide bonds. The Morgan fingerprint density at radius 1 is 1.26 bits per heavy atom. The molecule has 7 nitrogen and oxygen atoms in total. The number of methoxy groups -OCH3 is 1. The van der Waals surface area contributed by atoms with Gasteiger partial charge in [-0.05, 0) is 23.6 Å². The van der Waals surface area contributed by atoms with E-state index in [1.54, 1.807) is 7.11 Å². The molecule has 1 aliphatic heterocycles. The first-order chi connectivity index (χ1) is 13.1. The van der Waals surface area contributed by atoms with Crippen molar-refractivity contribution in [3.8, 4) is 0 Å². The van der Waals surface area contributed by atoms with Crippen LogP contribution < -0.4 is 10.9 Å². The quantitative estimate of drug-likeness (QED) is 0.828. The molecule has 0 saturated carbocycles. The molecule has 1 aliphatic rings. The molecule has 0 spiro atoms. The molecular formula is C20H26N4O3. The fourth-order valence-electron chi connectivity index (χ4n) is 3.27. The van der Waals surface area contributed by atoms with Gasteiger partial charge >= 0.3 is 0 Å². The molecule has 27 heavy (non-hydrogen) atoms. The number of carbonyl (C=O) groups is 1. The van der Waals surface area contributed by atoms with Gasteiger partial charge in [0.15, 0.2) is 0 Å². The number of aryl methyl sites for hydroxylation is 1. The van der Waals surface area contributed by atoms with Gasteiger partial charge in [0.05, 0.1) is 19.2 Å². The number of hydrogen-bond donors (Lipinski definition) is 1. The number of hydrogen-bond acceptors (Lipinski definition) is 5. The fraction of sp³-hybridized carbons (Fsp3) is 0.450. The molecule has 1 N–H and O–H groups in total. The monoisotopic (exact) mass is 370 g/mol. The van der Waals surface area contributed by atoms with Crippen molar-refractivity contribution in [3.05, 3.63) is 63.6 Å². The number of benzene rings is 1. The van der Waals surface area contributed by atoms with Gasteiger partial charge in [0.25, 0.3) is 11.5 Å². The van der Waals surface area contributed by atoms with Crippen molar-refractivity contribution in [1.82, 2.24) is 20.0 Å². The van der Waals surface area contributed by atoms with Gasteiger partial charge in [-0.3, -0.25) is 9.59 Å². The molecule has 144 valence electrons. The minimum Gasteiger partial charge on any atom is -0.383 e. The minimum absolute atomic E-state index is 0.0571. The molecule has 2 aromatic rings. The van der Waals surface area contributed by atoms with Gasteiger partial charge in [0.1, 0.15) is 5.69 Å². The summed E-state index contributed by atoms with van der Waals surface area (Å²) in [5, 5.41) is 7.61. The van der Waals surface area contributed by atoms with Crippen molar-refractivity contribution in [2.75, 3.05) is 33.4 Å². The summed E-state index contributed by atoms with van der Waals surface area (Å²) in [5.74, 6) is -0.160. The third-order valence-electron chi connectivity index (χ3n) is 4.87. The molecule has 0 radical (unpaired) electrons. The summed E-state index contributed by atoms with van der Waals surface area (Å²) in [6, 6.07) is 11.2. The summed E-state index contributed by atoms with van der Waals surface area (Å²) in [5.41, 5.74) is 2.41. The van der Waals surface area contributed by atoms with E-state index in [-0.39, 0.29) is 23.2 Å². The molecule has 1 unspecified atom stereocenters. The lowest BCUT2D eigenvalue weighted by molar-refractivity contribution is 0.0624. The van der Waals surface area contributed by atoms with Crippen LogP contribution in [-0.2, 0) is 17.7 Å². The van der Waals surface area contributed by atoms with Crippen molar-refractivity contribution in [1.29, 1.82) is 0 Å². The number of carbonyl (C=O) groups excluding carboxylic acids is 1. The molecule has 7 heteroatoms. The van der Waals surface area contributed by atoms with Crippen LogP contribution in [0, 0.1) is 0 Å². The Morgan fingerprint density at radius 3 is 2.74 bits per heavy atom. The van der Waals surface area contributed by atoms with Gasteiger partial charge in [-0.25, -0.2) is 4.68 Å². The highest BCUT2D eigenvalue weighted by molar-refractivity contribution is 5.92. The van der Waals surface area contributed by atoms with Gasteiger partial charge in [-0.15, -0.1) is 0 Å². The molecule has 1 aromatic carbocycles. The highest BCUT2D eigenvalue weighted by atomic mass is 16.5. The zero-order valence-electron chi connectivity index (χ0n) is 15.9. The second-order valence-electron chi connectivity index (χ2n) is 6.59. The van der Waals surface area contributed by atoms with Crippen LogP contribution in [0.1, 0.15) is 34.6 Å². The van der Waals surface area contributed by atoms with Gasteiger partial charge < -0.3 is 15.0 Å². The van der Waals surface area contributed by atoms with E-state index >= 15 is 0 Å². The molecule has 1 aromatic heterocycles. The summed E-state index contributed by atoms with van der Waals surface area (Å²) < 4.78 is 6.29. The van der Waals surface area contributed by atoms with E-state index in [2.05, 4.69) is 41.6 Å². The lowest BCUT2D eigenvalue weighted by atomic mass is 10.0. The largest absolute Gasteiger partial charge is 0.383 e. The van der Waals surface area contributed by atoms with Crippen LogP contribution in [0.3, 0.4) is 0 Å². The van der Waals surface area contributed by atoms with E-state index in [0.29, 0.717) is 26.2 Å². The van der Waals surface area contributed by atoms with E-state index < -0.39 is 0 Å². The van der Waals surface area contributed by atoms with Crippen LogP contribution in [0.4, 0.5) is 0 Å². The Labute approximate surface area is 158 Å². The Kier molecular flexibility index (Phi) is 6.36. The zero-order valence-corrected chi connectivity index (χ0v) is 15.9. The Balaban J connectivity index is 1.85. The molecular weight excluding hydrogens is 344 g/mol. The average molecular weight is 370 g/mol. The third kappa shape index (κ3) is 4.43. The lowest BCUT2D eigenvalue weighted by Crippen LogP contribution is -2.49. The summed E-state index contributed by atoms with van der Waals surface area (Å²) in [7, 11) is 1.56. The number of nitrogens with one attached hydrogen (secondary N) is 1. The van der Waals surface area contributed by atoms with Crippen LogP contribution in [0.15, 0.2) is 41.2 Å². The van der Waals surface area contributed by atoms with Crippen molar-refractivity contribution in [2.45, 2.75) is 25.9 Å². The van der Waals surface area contributed by atoms with Crippen LogP contribution in [0.5, 0.6) is 0 Å². The first-order valence-electron chi connectivity index (χ1n) is 9.31. The second kappa shape index (κ2) is 8.92. The Bertz CT molecular complexity index is 832. The number of ether oxygens (including phenoxy) is 1. The van der Waals surface area contributed by atoms with Crippen LogP contribution >= 0.6 is 0 Å². The van der Waals surface area contributed by atoms with E-state index in [0.717, 1.165) is 18.5 Å². The SMILES string of the molecule is CCc1ccc(C2CNCCN2C(=O)c2ccc(=O)n(CCOC)n2)cc1. The van der Waals surface area contributed by atoms with Crippen molar-refractivity contribution in [3.63, 3.8) is 0 Å². The predicted octanol–water partition coefficient (Wildman–Crippen LogP) is 1.24. The maximum atomic E-state index is 13.1. The number of rotatable bonds is 6. The number of aromatic nitrogens is 2. The van der Waals surface area contributed by atoms with Gasteiger partial charge in [0, 0.05) is 32.8 Å².